The topological polar surface area (TPSA) is 26.6 Å². The van der Waals surface area contributed by atoms with Crippen molar-refractivity contribution in [2.75, 3.05) is 26.9 Å². The fourth-order valence-corrected chi connectivity index (χ4v) is 3.81. The number of ether oxygens (including phenoxy) is 2. The zero-order valence-corrected chi connectivity index (χ0v) is 16.5. The van der Waals surface area contributed by atoms with Crippen molar-refractivity contribution in [1.82, 2.24) is 9.47 Å². The Kier molecular flexibility index (Phi) is 5.64. The molecule has 0 unspecified atom stereocenters. The number of rotatable bonds is 6. The van der Waals surface area contributed by atoms with Crippen LogP contribution in [0, 0.1) is 6.92 Å². The molecular formula is C23H27FN2O2. The molecule has 1 fully saturated rings. The molecule has 4 nitrogen and oxygen atoms in total. The molecule has 1 aliphatic heterocycles. The average Bonchev–Trinajstić information content (AvgIpc) is 3.06. The highest BCUT2D eigenvalue weighted by Crippen LogP contribution is 2.27. The lowest BCUT2D eigenvalue weighted by Crippen LogP contribution is -2.35. The molecule has 1 aromatic heterocycles. The molecule has 0 saturated carbocycles. The van der Waals surface area contributed by atoms with Gasteiger partial charge in [-0.05, 0) is 67.3 Å². The van der Waals surface area contributed by atoms with Crippen molar-refractivity contribution in [2.45, 2.75) is 32.5 Å². The van der Waals surface area contributed by atoms with Crippen LogP contribution in [0.25, 0.3) is 16.6 Å². The molecule has 3 aromatic rings. The third kappa shape index (κ3) is 4.05. The van der Waals surface area contributed by atoms with Gasteiger partial charge in [-0.3, -0.25) is 4.90 Å². The van der Waals surface area contributed by atoms with Gasteiger partial charge in [-0.25, -0.2) is 4.39 Å². The number of alkyl halides is 1. The van der Waals surface area contributed by atoms with E-state index < -0.39 is 6.17 Å². The third-order valence-electron chi connectivity index (χ3n) is 5.48. The lowest BCUT2D eigenvalue weighted by Gasteiger charge is -2.28. The molecule has 0 aliphatic carbocycles. The Balaban J connectivity index is 1.46. The van der Waals surface area contributed by atoms with Crippen molar-refractivity contribution >= 4 is 10.9 Å². The summed E-state index contributed by atoms with van der Waals surface area (Å²) in [6.07, 6.45) is 2.76. The van der Waals surface area contributed by atoms with E-state index in [0.29, 0.717) is 26.2 Å². The van der Waals surface area contributed by atoms with Crippen LogP contribution < -0.4 is 4.74 Å². The van der Waals surface area contributed by atoms with Gasteiger partial charge in [0.15, 0.2) is 0 Å². The zero-order chi connectivity index (χ0) is 19.5. The van der Waals surface area contributed by atoms with E-state index in [1.54, 1.807) is 7.11 Å². The molecule has 2 aromatic carbocycles. The van der Waals surface area contributed by atoms with Crippen molar-refractivity contribution < 1.29 is 13.9 Å². The van der Waals surface area contributed by atoms with Gasteiger partial charge >= 0.3 is 0 Å². The van der Waals surface area contributed by atoms with Crippen molar-refractivity contribution in [3.05, 3.63) is 59.8 Å². The maximum absolute atomic E-state index is 13.2. The minimum absolute atomic E-state index is 0.566. The Morgan fingerprint density at radius 3 is 2.54 bits per heavy atom. The van der Waals surface area contributed by atoms with Crippen LogP contribution in [0.4, 0.5) is 4.39 Å². The van der Waals surface area contributed by atoms with Gasteiger partial charge in [0.1, 0.15) is 11.9 Å². The summed E-state index contributed by atoms with van der Waals surface area (Å²) in [5.41, 5.74) is 4.68. The molecule has 1 saturated heterocycles. The van der Waals surface area contributed by atoms with E-state index in [9.17, 15) is 4.39 Å². The van der Waals surface area contributed by atoms with E-state index in [4.69, 9.17) is 9.47 Å². The van der Waals surface area contributed by atoms with Crippen LogP contribution in [0.2, 0.25) is 0 Å². The maximum Gasteiger partial charge on any atom is 0.119 e. The van der Waals surface area contributed by atoms with Gasteiger partial charge in [-0.15, -0.1) is 0 Å². The summed E-state index contributed by atoms with van der Waals surface area (Å²) in [7, 11) is 1.68. The van der Waals surface area contributed by atoms with Crippen LogP contribution in [0.15, 0.2) is 48.7 Å². The first-order valence-electron chi connectivity index (χ1n) is 9.83. The SMILES string of the molecule is COc1ccc(-n2cc(C)c3cc(COCN4CCC(F)CC4)ccc32)cc1. The van der Waals surface area contributed by atoms with Gasteiger partial charge < -0.3 is 14.0 Å². The monoisotopic (exact) mass is 382 g/mol. The van der Waals surface area contributed by atoms with E-state index >= 15 is 0 Å². The highest BCUT2D eigenvalue weighted by atomic mass is 19.1. The Hall–Kier alpha value is -2.37. The van der Waals surface area contributed by atoms with E-state index in [1.807, 2.05) is 12.1 Å². The molecule has 0 amide bonds. The summed E-state index contributed by atoms with van der Waals surface area (Å²) in [5, 5.41) is 1.23. The molecule has 0 N–H and O–H groups in total. The summed E-state index contributed by atoms with van der Waals surface area (Å²) in [5.74, 6) is 0.854. The summed E-state index contributed by atoms with van der Waals surface area (Å²) in [6.45, 7) is 4.83. The molecule has 0 radical (unpaired) electrons. The standard InChI is InChI=1S/C23H27FN2O2/c1-17-14-26(20-4-6-21(27-2)7-5-20)23-8-3-18(13-22(17)23)15-28-16-25-11-9-19(24)10-12-25/h3-8,13-14,19H,9-12,15-16H2,1-2H3. The van der Waals surface area contributed by atoms with Crippen molar-refractivity contribution in [3.63, 3.8) is 0 Å². The maximum atomic E-state index is 13.2. The Labute approximate surface area is 165 Å². The van der Waals surface area contributed by atoms with E-state index in [1.165, 1.54) is 16.5 Å². The van der Waals surface area contributed by atoms with Gasteiger partial charge in [0.2, 0.25) is 0 Å². The fraction of sp³-hybridized carbons (Fsp3) is 0.391. The Bertz CT molecular complexity index is 928. The molecule has 0 bridgehead atoms. The van der Waals surface area contributed by atoms with E-state index in [2.05, 4.69) is 52.9 Å². The summed E-state index contributed by atoms with van der Waals surface area (Å²) < 4.78 is 26.6. The first-order chi connectivity index (χ1) is 13.6. The second kappa shape index (κ2) is 8.33. The normalized spacial score (nSPS) is 16.0. The molecule has 0 spiro atoms. The number of halogens is 1. The van der Waals surface area contributed by atoms with E-state index in [0.717, 1.165) is 30.1 Å². The second-order valence-electron chi connectivity index (χ2n) is 7.50. The predicted molar refractivity (Wildman–Crippen MR) is 110 cm³/mol. The molecule has 148 valence electrons. The number of likely N-dealkylation sites (tertiary alicyclic amines) is 1. The molecule has 2 heterocycles. The van der Waals surface area contributed by atoms with Crippen LogP contribution in [0.1, 0.15) is 24.0 Å². The first kappa shape index (κ1) is 19.0. The smallest absolute Gasteiger partial charge is 0.119 e. The second-order valence-corrected chi connectivity index (χ2v) is 7.50. The number of fused-ring (bicyclic) bond motifs is 1. The number of aromatic nitrogens is 1. The minimum Gasteiger partial charge on any atom is -0.497 e. The minimum atomic E-state index is -0.642. The highest BCUT2D eigenvalue weighted by Gasteiger charge is 2.18. The number of hydrogen-bond donors (Lipinski definition) is 0. The summed E-state index contributed by atoms with van der Waals surface area (Å²) in [6, 6.07) is 14.6. The van der Waals surface area contributed by atoms with Crippen LogP contribution in [0.3, 0.4) is 0 Å². The highest BCUT2D eigenvalue weighted by molar-refractivity contribution is 5.86. The lowest BCUT2D eigenvalue weighted by molar-refractivity contribution is -0.00121. The van der Waals surface area contributed by atoms with Crippen molar-refractivity contribution in [3.8, 4) is 11.4 Å². The van der Waals surface area contributed by atoms with Crippen molar-refractivity contribution in [2.24, 2.45) is 0 Å². The molecular weight excluding hydrogens is 355 g/mol. The number of aryl methyl sites for hydroxylation is 1. The zero-order valence-electron chi connectivity index (χ0n) is 16.5. The average molecular weight is 382 g/mol. The van der Waals surface area contributed by atoms with Crippen LogP contribution in [-0.4, -0.2) is 42.6 Å². The van der Waals surface area contributed by atoms with Crippen LogP contribution in [-0.2, 0) is 11.3 Å². The summed E-state index contributed by atoms with van der Waals surface area (Å²) >= 11 is 0. The lowest BCUT2D eigenvalue weighted by atomic mass is 10.1. The molecule has 4 rings (SSSR count). The predicted octanol–water partition coefficient (Wildman–Crippen LogP) is 4.86. The number of benzene rings is 2. The Morgan fingerprint density at radius 1 is 1.07 bits per heavy atom. The quantitative estimate of drug-likeness (QED) is 0.609. The number of nitrogens with zero attached hydrogens (tertiary/aromatic N) is 2. The molecule has 0 atom stereocenters. The third-order valence-corrected chi connectivity index (χ3v) is 5.48. The summed E-state index contributed by atoms with van der Waals surface area (Å²) in [4.78, 5) is 2.18. The van der Waals surface area contributed by atoms with Gasteiger partial charge in [0.05, 0.1) is 26.0 Å². The number of piperidine rings is 1. The van der Waals surface area contributed by atoms with Gasteiger partial charge in [-0.2, -0.15) is 0 Å². The largest absolute Gasteiger partial charge is 0.497 e. The van der Waals surface area contributed by atoms with Crippen molar-refractivity contribution in [1.29, 1.82) is 0 Å². The van der Waals surface area contributed by atoms with Gasteiger partial charge in [0, 0.05) is 30.4 Å². The number of methoxy groups -OCH3 is 1. The fourth-order valence-electron chi connectivity index (χ4n) is 3.81. The molecule has 1 aliphatic rings. The molecule has 28 heavy (non-hydrogen) atoms. The number of hydrogen-bond acceptors (Lipinski definition) is 3. The molecule has 5 heteroatoms. The van der Waals surface area contributed by atoms with Gasteiger partial charge in [0.25, 0.3) is 0 Å². The van der Waals surface area contributed by atoms with Crippen LogP contribution >= 0.6 is 0 Å². The van der Waals surface area contributed by atoms with E-state index in [-0.39, 0.29) is 0 Å². The van der Waals surface area contributed by atoms with Crippen LogP contribution in [0.5, 0.6) is 5.75 Å². The first-order valence-corrected chi connectivity index (χ1v) is 9.83. The van der Waals surface area contributed by atoms with Gasteiger partial charge in [-0.1, -0.05) is 6.07 Å². The Morgan fingerprint density at radius 2 is 1.82 bits per heavy atom.